The van der Waals surface area contributed by atoms with E-state index in [4.69, 9.17) is 5.73 Å². The van der Waals surface area contributed by atoms with E-state index in [1.54, 1.807) is 10.9 Å². The summed E-state index contributed by atoms with van der Waals surface area (Å²) in [4.78, 5) is 0. The van der Waals surface area contributed by atoms with Crippen LogP contribution in [0.25, 0.3) is 11.4 Å². The molecule has 0 aliphatic carbocycles. The van der Waals surface area contributed by atoms with E-state index in [1.807, 2.05) is 24.0 Å². The maximum Gasteiger partial charge on any atom is 0.112 e. The van der Waals surface area contributed by atoms with Crippen molar-refractivity contribution in [3.63, 3.8) is 0 Å². The van der Waals surface area contributed by atoms with E-state index in [-0.39, 0.29) is 0 Å². The summed E-state index contributed by atoms with van der Waals surface area (Å²) in [6, 6.07) is 1.97. The minimum absolute atomic E-state index is 0.580. The number of aryl methyl sites for hydroxylation is 1. The van der Waals surface area contributed by atoms with E-state index in [0.29, 0.717) is 11.6 Å². The van der Waals surface area contributed by atoms with Crippen molar-refractivity contribution in [3.05, 3.63) is 18.5 Å². The van der Waals surface area contributed by atoms with Gasteiger partial charge in [0.15, 0.2) is 0 Å². The third-order valence-corrected chi connectivity index (χ3v) is 2.40. The van der Waals surface area contributed by atoms with Gasteiger partial charge >= 0.3 is 0 Å². The highest BCUT2D eigenvalue weighted by Gasteiger charge is 2.11. The summed E-state index contributed by atoms with van der Waals surface area (Å²) < 4.78 is 3.68. The molecule has 0 bridgehead atoms. The Morgan fingerprint density at radius 1 is 1.44 bits per heavy atom. The smallest absolute Gasteiger partial charge is 0.112 e. The first kappa shape index (κ1) is 10.7. The summed E-state index contributed by atoms with van der Waals surface area (Å²) in [6.45, 7) is 5.25. The predicted molar refractivity (Wildman–Crippen MR) is 63.7 cm³/mol. The van der Waals surface area contributed by atoms with Crippen molar-refractivity contribution in [1.29, 1.82) is 0 Å². The Labute approximate surface area is 94.9 Å². The van der Waals surface area contributed by atoms with Crippen LogP contribution in [0.2, 0.25) is 0 Å². The molecule has 0 aliphatic heterocycles. The molecule has 0 saturated heterocycles. The van der Waals surface area contributed by atoms with Crippen molar-refractivity contribution in [2.45, 2.75) is 20.4 Å². The molecule has 2 aromatic heterocycles. The summed E-state index contributed by atoms with van der Waals surface area (Å²) in [7, 11) is 1.87. The minimum Gasteiger partial charge on any atom is -0.396 e. The van der Waals surface area contributed by atoms with Gasteiger partial charge in [0.1, 0.15) is 11.4 Å². The second-order valence-electron chi connectivity index (χ2n) is 4.39. The Balaban J connectivity index is 2.32. The molecule has 5 heteroatoms. The lowest BCUT2D eigenvalue weighted by Gasteiger charge is -2.04. The van der Waals surface area contributed by atoms with Crippen molar-refractivity contribution in [2.24, 2.45) is 13.0 Å². The molecule has 0 unspecified atom stereocenters. The lowest BCUT2D eigenvalue weighted by atomic mass is 10.2. The van der Waals surface area contributed by atoms with Crippen LogP contribution in [0.5, 0.6) is 0 Å². The molecule has 2 heterocycles. The maximum atomic E-state index is 5.85. The van der Waals surface area contributed by atoms with Crippen molar-refractivity contribution < 1.29 is 0 Å². The van der Waals surface area contributed by atoms with Gasteiger partial charge in [0.2, 0.25) is 0 Å². The average Bonchev–Trinajstić information content (AvgIpc) is 2.73. The van der Waals surface area contributed by atoms with Gasteiger partial charge in [0.05, 0.1) is 11.9 Å². The molecule has 0 aromatic carbocycles. The Morgan fingerprint density at radius 2 is 2.19 bits per heavy atom. The zero-order valence-corrected chi connectivity index (χ0v) is 9.88. The molecule has 0 fully saturated rings. The van der Waals surface area contributed by atoms with Gasteiger partial charge < -0.3 is 5.73 Å². The first-order chi connectivity index (χ1) is 7.58. The Bertz CT molecular complexity index is 461. The fraction of sp³-hybridized carbons (Fsp3) is 0.455. The van der Waals surface area contributed by atoms with Gasteiger partial charge in [-0.25, -0.2) is 0 Å². The zero-order valence-electron chi connectivity index (χ0n) is 9.88. The van der Waals surface area contributed by atoms with Gasteiger partial charge in [-0.05, 0) is 12.0 Å². The Hall–Kier alpha value is -1.78. The highest BCUT2D eigenvalue weighted by atomic mass is 15.3. The molecule has 0 saturated carbocycles. The highest BCUT2D eigenvalue weighted by Crippen LogP contribution is 2.22. The van der Waals surface area contributed by atoms with E-state index in [9.17, 15) is 0 Å². The monoisotopic (exact) mass is 219 g/mol. The maximum absolute atomic E-state index is 5.85. The summed E-state index contributed by atoms with van der Waals surface area (Å²) >= 11 is 0. The third-order valence-electron chi connectivity index (χ3n) is 2.40. The molecule has 0 amide bonds. The van der Waals surface area contributed by atoms with Crippen molar-refractivity contribution in [3.8, 4) is 11.4 Å². The van der Waals surface area contributed by atoms with Gasteiger partial charge in [-0.3, -0.25) is 9.36 Å². The molecule has 0 aliphatic rings. The number of hydrogen-bond donors (Lipinski definition) is 1. The second kappa shape index (κ2) is 4.00. The summed E-state index contributed by atoms with van der Waals surface area (Å²) in [5, 5.41) is 8.60. The van der Waals surface area contributed by atoms with Gasteiger partial charge in [-0.15, -0.1) is 0 Å². The summed E-state index contributed by atoms with van der Waals surface area (Å²) in [5.41, 5.74) is 8.27. The zero-order chi connectivity index (χ0) is 11.7. The average molecular weight is 219 g/mol. The SMILES string of the molecule is CC(C)Cn1ccc(-c2c(N)cnn2C)n1. The largest absolute Gasteiger partial charge is 0.396 e. The molecule has 2 rings (SSSR count). The van der Waals surface area contributed by atoms with Crippen LogP contribution in [-0.4, -0.2) is 19.6 Å². The van der Waals surface area contributed by atoms with Gasteiger partial charge in [0, 0.05) is 19.8 Å². The highest BCUT2D eigenvalue weighted by molar-refractivity contribution is 5.69. The number of aromatic nitrogens is 4. The quantitative estimate of drug-likeness (QED) is 0.851. The number of nitrogens with zero attached hydrogens (tertiary/aromatic N) is 4. The van der Waals surface area contributed by atoms with Crippen LogP contribution in [0.4, 0.5) is 5.69 Å². The topological polar surface area (TPSA) is 61.7 Å². The van der Waals surface area contributed by atoms with Gasteiger partial charge in [-0.1, -0.05) is 13.8 Å². The number of nitrogens with two attached hydrogens (primary N) is 1. The van der Waals surface area contributed by atoms with Gasteiger partial charge in [-0.2, -0.15) is 10.2 Å². The molecular formula is C11H17N5. The minimum atomic E-state index is 0.580. The number of anilines is 1. The summed E-state index contributed by atoms with van der Waals surface area (Å²) in [5.74, 6) is 0.580. The molecule has 16 heavy (non-hydrogen) atoms. The van der Waals surface area contributed by atoms with E-state index in [2.05, 4.69) is 24.0 Å². The molecule has 86 valence electrons. The van der Waals surface area contributed by atoms with Crippen LogP contribution >= 0.6 is 0 Å². The molecular weight excluding hydrogens is 202 g/mol. The number of hydrogen-bond acceptors (Lipinski definition) is 3. The molecule has 2 N–H and O–H groups in total. The summed E-state index contributed by atoms with van der Waals surface area (Å²) in [6.07, 6.45) is 3.62. The normalized spacial score (nSPS) is 11.2. The lowest BCUT2D eigenvalue weighted by molar-refractivity contribution is 0.484. The van der Waals surface area contributed by atoms with Crippen LogP contribution in [0.15, 0.2) is 18.5 Å². The van der Waals surface area contributed by atoms with E-state index in [1.165, 1.54) is 0 Å². The molecule has 0 spiro atoms. The molecule has 2 aromatic rings. The number of rotatable bonds is 3. The fourth-order valence-corrected chi connectivity index (χ4v) is 1.73. The van der Waals surface area contributed by atoms with Crippen molar-refractivity contribution in [1.82, 2.24) is 19.6 Å². The first-order valence-corrected chi connectivity index (χ1v) is 5.39. The van der Waals surface area contributed by atoms with Crippen LogP contribution < -0.4 is 5.73 Å². The molecule has 5 nitrogen and oxygen atoms in total. The van der Waals surface area contributed by atoms with Crippen molar-refractivity contribution >= 4 is 5.69 Å². The number of nitrogen functional groups attached to an aromatic ring is 1. The predicted octanol–water partition coefficient (Wildman–Crippen LogP) is 1.52. The van der Waals surface area contributed by atoms with E-state index < -0.39 is 0 Å². The lowest BCUT2D eigenvalue weighted by Crippen LogP contribution is -2.05. The standard InChI is InChI=1S/C11H17N5/c1-8(2)7-16-5-4-10(14-16)11-9(12)6-13-15(11)3/h4-6,8H,7,12H2,1-3H3. The molecule has 0 radical (unpaired) electrons. The van der Waals surface area contributed by atoms with E-state index >= 15 is 0 Å². The van der Waals surface area contributed by atoms with Crippen LogP contribution in [0.1, 0.15) is 13.8 Å². The molecule has 0 atom stereocenters. The van der Waals surface area contributed by atoms with Gasteiger partial charge in [0.25, 0.3) is 0 Å². The van der Waals surface area contributed by atoms with Crippen molar-refractivity contribution in [2.75, 3.05) is 5.73 Å². The fourth-order valence-electron chi connectivity index (χ4n) is 1.73. The third kappa shape index (κ3) is 1.93. The van der Waals surface area contributed by atoms with Crippen LogP contribution in [-0.2, 0) is 13.6 Å². The van der Waals surface area contributed by atoms with Crippen LogP contribution in [0.3, 0.4) is 0 Å². The Kier molecular flexibility index (Phi) is 2.68. The Morgan fingerprint density at radius 3 is 2.75 bits per heavy atom. The van der Waals surface area contributed by atoms with E-state index in [0.717, 1.165) is 17.9 Å². The van der Waals surface area contributed by atoms with Crippen LogP contribution in [0, 0.1) is 5.92 Å². The second-order valence-corrected chi connectivity index (χ2v) is 4.39. The first-order valence-electron chi connectivity index (χ1n) is 5.39.